The summed E-state index contributed by atoms with van der Waals surface area (Å²) in [6.45, 7) is 14.7. The summed E-state index contributed by atoms with van der Waals surface area (Å²) < 4.78 is 2.75. The molecule has 0 fully saturated rings. The first-order valence-electron chi connectivity index (χ1n) is 21.3. The molecular formula is C56H56N+. The summed E-state index contributed by atoms with van der Waals surface area (Å²) in [5.74, 6) is 0. The number of fused-ring (bicyclic) bond motifs is 4. The maximum absolute atomic E-state index is 2.75. The fraction of sp³-hybridized carbons (Fsp3) is 0.268. The highest BCUT2D eigenvalue weighted by atomic mass is 15.1. The topological polar surface area (TPSA) is 3.88 Å². The molecular weight excluding hydrogens is 687 g/mol. The number of benzene rings is 6. The Morgan fingerprint density at radius 2 is 0.895 bits per heavy atom. The molecule has 1 heteroatoms. The second kappa shape index (κ2) is 14.4. The number of nitrogens with zero attached hydrogens (tertiary/aromatic N) is 1. The molecule has 57 heavy (non-hydrogen) atoms. The highest BCUT2D eigenvalue weighted by molar-refractivity contribution is 5.90. The van der Waals surface area contributed by atoms with E-state index in [0.717, 1.165) is 25.7 Å². The third-order valence-corrected chi connectivity index (χ3v) is 13.9. The Labute approximate surface area is 341 Å². The van der Waals surface area contributed by atoms with E-state index in [0.29, 0.717) is 0 Å². The van der Waals surface area contributed by atoms with E-state index in [2.05, 4.69) is 204 Å². The summed E-state index contributed by atoms with van der Waals surface area (Å²) in [6, 6.07) is 56.7. The number of hydrogen-bond donors (Lipinski definition) is 0. The van der Waals surface area contributed by atoms with Crippen LogP contribution in [0.4, 0.5) is 0 Å². The van der Waals surface area contributed by atoms with Crippen LogP contribution in [0.2, 0.25) is 0 Å². The lowest BCUT2D eigenvalue weighted by Crippen LogP contribution is -2.57. The second-order valence-electron chi connectivity index (χ2n) is 18.1. The average molecular weight is 743 g/mol. The lowest BCUT2D eigenvalue weighted by Gasteiger charge is -2.41. The summed E-state index contributed by atoms with van der Waals surface area (Å²) in [5.41, 5.74) is 20.1. The summed E-state index contributed by atoms with van der Waals surface area (Å²) in [6.07, 6.45) is 9.47. The second-order valence-corrected chi connectivity index (χ2v) is 18.1. The van der Waals surface area contributed by atoms with Gasteiger partial charge in [-0.3, -0.25) is 0 Å². The van der Waals surface area contributed by atoms with Crippen LogP contribution in [0.15, 0.2) is 158 Å². The molecule has 0 radical (unpaired) electrons. The van der Waals surface area contributed by atoms with E-state index in [4.69, 9.17) is 0 Å². The summed E-state index contributed by atoms with van der Waals surface area (Å²) in [4.78, 5) is 0. The van der Waals surface area contributed by atoms with Gasteiger partial charge in [-0.05, 0) is 133 Å². The molecule has 0 amide bonds. The fourth-order valence-corrected chi connectivity index (χ4v) is 10.0. The minimum atomic E-state index is 0.0638. The Morgan fingerprint density at radius 3 is 1.47 bits per heavy atom. The van der Waals surface area contributed by atoms with Crippen LogP contribution in [0, 0.1) is 0 Å². The van der Waals surface area contributed by atoms with Gasteiger partial charge in [0.1, 0.15) is 0 Å². The maximum atomic E-state index is 2.75. The van der Waals surface area contributed by atoms with Crippen molar-refractivity contribution in [2.75, 3.05) is 0 Å². The first kappa shape index (κ1) is 37.1. The zero-order valence-electron chi connectivity index (χ0n) is 34.7. The van der Waals surface area contributed by atoms with Crippen LogP contribution in [-0.4, -0.2) is 0 Å². The van der Waals surface area contributed by atoms with Crippen molar-refractivity contribution in [3.05, 3.63) is 175 Å². The van der Waals surface area contributed by atoms with E-state index < -0.39 is 0 Å². The first-order valence-corrected chi connectivity index (χ1v) is 21.3. The molecule has 0 N–H and O–H groups in total. The van der Waals surface area contributed by atoms with Gasteiger partial charge in [0, 0.05) is 30.9 Å². The Morgan fingerprint density at radius 1 is 0.421 bits per heavy atom. The highest BCUT2D eigenvalue weighted by Gasteiger charge is 2.46. The van der Waals surface area contributed by atoms with Crippen molar-refractivity contribution < 1.29 is 4.57 Å². The Balaban J connectivity index is 1.27. The van der Waals surface area contributed by atoms with Crippen molar-refractivity contribution >= 4 is 0 Å². The van der Waals surface area contributed by atoms with Crippen molar-refractivity contribution in [1.82, 2.24) is 0 Å². The van der Waals surface area contributed by atoms with Crippen LogP contribution in [0.25, 0.3) is 66.9 Å². The third kappa shape index (κ3) is 6.66. The summed E-state index contributed by atoms with van der Waals surface area (Å²) in [5, 5.41) is 0. The minimum absolute atomic E-state index is 0.0638. The molecule has 2 heterocycles. The Hall–Kier alpha value is -5.53. The zero-order valence-corrected chi connectivity index (χ0v) is 34.7. The van der Waals surface area contributed by atoms with Crippen LogP contribution in [0.1, 0.15) is 90.3 Å². The molecule has 9 rings (SSSR count). The molecule has 2 aliphatic rings. The van der Waals surface area contributed by atoms with Crippen molar-refractivity contribution in [3.63, 3.8) is 0 Å². The van der Waals surface area contributed by atoms with Gasteiger partial charge in [0.05, 0.1) is 5.56 Å². The molecule has 0 bridgehead atoms. The number of rotatable bonds is 7. The van der Waals surface area contributed by atoms with Gasteiger partial charge in [-0.15, -0.1) is 0 Å². The van der Waals surface area contributed by atoms with Gasteiger partial charge in [0.25, 0.3) is 0 Å². The molecule has 6 aromatic carbocycles. The van der Waals surface area contributed by atoms with Gasteiger partial charge >= 0.3 is 0 Å². The largest absolute Gasteiger partial charge is 0.213 e. The fourth-order valence-electron chi connectivity index (χ4n) is 10.0. The Kier molecular flexibility index (Phi) is 9.39. The number of pyridine rings is 1. The molecule has 0 saturated heterocycles. The van der Waals surface area contributed by atoms with Crippen LogP contribution in [0.5, 0.6) is 0 Å². The van der Waals surface area contributed by atoms with E-state index in [1.54, 1.807) is 5.56 Å². The monoisotopic (exact) mass is 742 g/mol. The predicted octanol–water partition coefficient (Wildman–Crippen LogP) is 14.8. The van der Waals surface area contributed by atoms with Gasteiger partial charge in [0.15, 0.2) is 11.7 Å². The number of hydrogen-bond acceptors (Lipinski definition) is 0. The molecule has 0 saturated carbocycles. The summed E-state index contributed by atoms with van der Waals surface area (Å²) >= 11 is 0. The van der Waals surface area contributed by atoms with Gasteiger partial charge < -0.3 is 0 Å². The predicted molar refractivity (Wildman–Crippen MR) is 241 cm³/mol. The number of aryl methyl sites for hydroxylation is 1. The molecule has 1 nitrogen and oxygen atoms in total. The van der Waals surface area contributed by atoms with Crippen molar-refractivity contribution in [2.24, 2.45) is 0 Å². The van der Waals surface area contributed by atoms with Gasteiger partial charge in [-0.25, -0.2) is 0 Å². The lowest BCUT2D eigenvalue weighted by molar-refractivity contribution is -0.757. The minimum Gasteiger partial charge on any atom is -0.193 e. The van der Waals surface area contributed by atoms with Crippen LogP contribution >= 0.6 is 0 Å². The van der Waals surface area contributed by atoms with E-state index in [9.17, 15) is 0 Å². The van der Waals surface area contributed by atoms with Crippen molar-refractivity contribution in [3.8, 4) is 66.9 Å². The van der Waals surface area contributed by atoms with Gasteiger partial charge in [0.2, 0.25) is 5.69 Å². The Bertz CT molecular complexity index is 2510. The van der Waals surface area contributed by atoms with Crippen molar-refractivity contribution in [2.45, 2.75) is 96.4 Å². The molecule has 0 atom stereocenters. The normalized spacial score (nSPS) is 16.2. The summed E-state index contributed by atoms with van der Waals surface area (Å²) in [7, 11) is 0. The third-order valence-electron chi connectivity index (χ3n) is 13.9. The molecule has 1 aliphatic heterocycles. The molecule has 0 unspecified atom stereocenters. The molecule has 284 valence electrons. The van der Waals surface area contributed by atoms with E-state index in [1.807, 2.05) is 0 Å². The molecule has 0 spiro atoms. The smallest absolute Gasteiger partial charge is 0.193 e. The van der Waals surface area contributed by atoms with E-state index >= 15 is 0 Å². The van der Waals surface area contributed by atoms with E-state index in [1.165, 1.54) is 90.9 Å². The highest BCUT2D eigenvalue weighted by Crippen LogP contribution is 2.49. The SMILES string of the molecule is CCC1(CC)CCc2cc(-c3ccccc3)c(-c3cccc(-c4cc(-c5ccccc5)cc(-c5ccccc5)c4)c3)cc2-c2cc3c(c[n+]21)C(C)(C)CCC3(C)C. The molecule has 1 aromatic heterocycles. The van der Waals surface area contributed by atoms with Crippen LogP contribution in [-0.2, 0) is 22.8 Å². The first-order chi connectivity index (χ1) is 27.6. The van der Waals surface area contributed by atoms with Crippen LogP contribution < -0.4 is 4.57 Å². The van der Waals surface area contributed by atoms with E-state index in [-0.39, 0.29) is 16.4 Å². The average Bonchev–Trinajstić information content (AvgIpc) is 3.39. The molecule has 7 aromatic rings. The van der Waals surface area contributed by atoms with Gasteiger partial charge in [-0.2, -0.15) is 4.57 Å². The standard InChI is InChI=1S/C56H56N/c1-7-56(8-2)28-27-44-35-48(41-23-16-11-17-24-41)49(36-50(44)53-37-51-52(38-57(53)56)55(5,6)30-29-54(51,3)4)43-26-18-25-42(31-43)47-33-45(39-19-12-9-13-20-39)32-46(34-47)40-21-14-10-15-22-40/h9-26,31-38H,7-8,27-30H2,1-6H3/q+1. The molecule has 1 aliphatic carbocycles. The maximum Gasteiger partial charge on any atom is 0.213 e. The van der Waals surface area contributed by atoms with Gasteiger partial charge in [-0.1, -0.05) is 151 Å². The zero-order chi connectivity index (χ0) is 39.4. The van der Waals surface area contributed by atoms with Crippen LogP contribution in [0.3, 0.4) is 0 Å². The van der Waals surface area contributed by atoms with Crippen molar-refractivity contribution in [1.29, 1.82) is 0 Å². The quantitative estimate of drug-likeness (QED) is 0.143. The number of aromatic nitrogens is 1. The lowest BCUT2D eigenvalue weighted by atomic mass is 9.63.